The third-order valence-corrected chi connectivity index (χ3v) is 3.71. The van der Waals surface area contributed by atoms with Crippen molar-refractivity contribution in [2.24, 2.45) is 7.05 Å². The van der Waals surface area contributed by atoms with Gasteiger partial charge in [-0.15, -0.1) is 0 Å². The molecule has 1 aliphatic rings. The van der Waals surface area contributed by atoms with Gasteiger partial charge < -0.3 is 5.32 Å². The smallest absolute Gasteiger partial charge is 0.0969 e. The van der Waals surface area contributed by atoms with Gasteiger partial charge in [-0.25, -0.2) is 0 Å². The lowest BCUT2D eigenvalue weighted by Gasteiger charge is -2.31. The number of hydrogen-bond donors (Lipinski definition) is 1. The highest BCUT2D eigenvalue weighted by molar-refractivity contribution is 5.61. The molecule has 0 amide bonds. The number of rotatable bonds is 3. The van der Waals surface area contributed by atoms with E-state index in [1.165, 1.54) is 5.56 Å². The fourth-order valence-corrected chi connectivity index (χ4v) is 2.80. The summed E-state index contributed by atoms with van der Waals surface area (Å²) in [6.07, 6.45) is 5.77. The molecule has 20 heavy (non-hydrogen) atoms. The second-order valence-electron chi connectivity index (χ2n) is 5.50. The van der Waals surface area contributed by atoms with Gasteiger partial charge in [0.1, 0.15) is 0 Å². The molecule has 106 valence electrons. The van der Waals surface area contributed by atoms with E-state index in [0.717, 1.165) is 37.4 Å². The summed E-state index contributed by atoms with van der Waals surface area (Å²) in [6, 6.07) is 4.60. The second kappa shape index (κ2) is 5.73. The molecule has 2 aromatic heterocycles. The van der Waals surface area contributed by atoms with Gasteiger partial charge in [0.05, 0.1) is 5.69 Å². The van der Waals surface area contributed by atoms with Crippen molar-refractivity contribution < 1.29 is 0 Å². The average molecular weight is 271 g/mol. The normalized spacial score (nSPS) is 20.2. The first-order valence-corrected chi connectivity index (χ1v) is 7.11. The van der Waals surface area contributed by atoms with Gasteiger partial charge in [-0.2, -0.15) is 5.10 Å². The Morgan fingerprint density at radius 3 is 2.90 bits per heavy atom. The molecule has 0 spiro atoms. The third-order valence-electron chi connectivity index (χ3n) is 3.71. The summed E-state index contributed by atoms with van der Waals surface area (Å²) >= 11 is 0. The Bertz CT molecular complexity index is 563. The number of aryl methyl sites for hydroxylation is 1. The van der Waals surface area contributed by atoms with Gasteiger partial charge in [-0.1, -0.05) is 0 Å². The van der Waals surface area contributed by atoms with Crippen molar-refractivity contribution in [2.45, 2.75) is 19.5 Å². The summed E-state index contributed by atoms with van der Waals surface area (Å²) in [5, 5.41) is 8.09. The number of nitrogens with zero attached hydrogens (tertiary/aromatic N) is 4. The van der Waals surface area contributed by atoms with Gasteiger partial charge in [-0.05, 0) is 19.1 Å². The van der Waals surface area contributed by atoms with E-state index in [4.69, 9.17) is 0 Å². The molecule has 3 rings (SSSR count). The molecule has 5 heteroatoms. The van der Waals surface area contributed by atoms with E-state index >= 15 is 0 Å². The van der Waals surface area contributed by atoms with Crippen LogP contribution >= 0.6 is 0 Å². The zero-order valence-corrected chi connectivity index (χ0v) is 12.1. The molecule has 0 aromatic carbocycles. The highest BCUT2D eigenvalue weighted by Crippen LogP contribution is 2.22. The molecule has 1 saturated heterocycles. The van der Waals surface area contributed by atoms with E-state index in [2.05, 4.69) is 33.4 Å². The van der Waals surface area contributed by atoms with Crippen LogP contribution in [0, 0.1) is 0 Å². The van der Waals surface area contributed by atoms with E-state index in [9.17, 15) is 0 Å². The predicted octanol–water partition coefficient (Wildman–Crippen LogP) is 1.28. The van der Waals surface area contributed by atoms with Gasteiger partial charge in [0.2, 0.25) is 0 Å². The summed E-state index contributed by atoms with van der Waals surface area (Å²) in [5.74, 6) is 0. The van der Waals surface area contributed by atoms with Gasteiger partial charge in [0.25, 0.3) is 0 Å². The van der Waals surface area contributed by atoms with Gasteiger partial charge >= 0.3 is 0 Å². The number of piperazine rings is 1. The Labute approximate surface area is 119 Å². The molecule has 1 atom stereocenters. The highest BCUT2D eigenvalue weighted by atomic mass is 15.3. The number of aromatic nitrogens is 3. The number of pyridine rings is 1. The fourth-order valence-electron chi connectivity index (χ4n) is 2.80. The molecule has 0 bridgehead atoms. The summed E-state index contributed by atoms with van der Waals surface area (Å²) in [4.78, 5) is 6.57. The molecule has 1 N–H and O–H groups in total. The number of nitrogens with one attached hydrogen (secondary N) is 1. The van der Waals surface area contributed by atoms with Crippen molar-refractivity contribution >= 4 is 0 Å². The maximum Gasteiger partial charge on any atom is 0.0969 e. The molecule has 1 aliphatic heterocycles. The van der Waals surface area contributed by atoms with Crippen LogP contribution in [0.4, 0.5) is 0 Å². The zero-order valence-electron chi connectivity index (χ0n) is 12.1. The van der Waals surface area contributed by atoms with Crippen LogP contribution in [-0.2, 0) is 13.6 Å². The number of hydrogen-bond acceptors (Lipinski definition) is 4. The minimum Gasteiger partial charge on any atom is -0.312 e. The van der Waals surface area contributed by atoms with Crippen LogP contribution in [0.3, 0.4) is 0 Å². The van der Waals surface area contributed by atoms with Crippen LogP contribution in [0.2, 0.25) is 0 Å². The standard InChI is InChI=1S/C15H21N5/c1-12-9-20(8-7-17-12)11-14-10-19(2)18-15(14)13-3-5-16-6-4-13/h3-6,10,12,17H,7-9,11H2,1-2H3. The van der Waals surface area contributed by atoms with Crippen LogP contribution in [-0.4, -0.2) is 45.3 Å². The van der Waals surface area contributed by atoms with E-state index in [-0.39, 0.29) is 0 Å². The van der Waals surface area contributed by atoms with Crippen molar-refractivity contribution in [3.63, 3.8) is 0 Å². The monoisotopic (exact) mass is 271 g/mol. The largest absolute Gasteiger partial charge is 0.312 e. The van der Waals surface area contributed by atoms with Crippen molar-refractivity contribution in [3.8, 4) is 11.3 Å². The van der Waals surface area contributed by atoms with Crippen LogP contribution in [0.15, 0.2) is 30.7 Å². The Morgan fingerprint density at radius 2 is 2.15 bits per heavy atom. The topological polar surface area (TPSA) is 46.0 Å². The maximum absolute atomic E-state index is 4.61. The molecule has 5 nitrogen and oxygen atoms in total. The van der Waals surface area contributed by atoms with Crippen LogP contribution in [0.5, 0.6) is 0 Å². The molecule has 3 heterocycles. The van der Waals surface area contributed by atoms with Gasteiger partial charge in [-0.3, -0.25) is 14.6 Å². The highest BCUT2D eigenvalue weighted by Gasteiger charge is 2.18. The first-order chi connectivity index (χ1) is 9.72. The SMILES string of the molecule is CC1CN(Cc2cn(C)nc2-c2ccncc2)CCN1. The van der Waals surface area contributed by atoms with Crippen molar-refractivity contribution in [2.75, 3.05) is 19.6 Å². The van der Waals surface area contributed by atoms with Crippen molar-refractivity contribution in [1.29, 1.82) is 0 Å². The molecule has 0 radical (unpaired) electrons. The minimum absolute atomic E-state index is 0.560. The maximum atomic E-state index is 4.61. The van der Waals surface area contributed by atoms with E-state index in [0.29, 0.717) is 6.04 Å². The van der Waals surface area contributed by atoms with E-state index in [1.54, 1.807) is 0 Å². The lowest BCUT2D eigenvalue weighted by Crippen LogP contribution is -2.48. The summed E-state index contributed by atoms with van der Waals surface area (Å²) in [5.41, 5.74) is 3.49. The average Bonchev–Trinajstić information content (AvgIpc) is 2.80. The summed E-state index contributed by atoms with van der Waals surface area (Å²) < 4.78 is 1.90. The quantitative estimate of drug-likeness (QED) is 0.913. The minimum atomic E-state index is 0.560. The zero-order chi connectivity index (χ0) is 13.9. The molecule has 2 aromatic rings. The van der Waals surface area contributed by atoms with Crippen LogP contribution in [0.25, 0.3) is 11.3 Å². The van der Waals surface area contributed by atoms with Crippen LogP contribution in [0.1, 0.15) is 12.5 Å². The fraction of sp³-hybridized carbons (Fsp3) is 0.467. The molecule has 1 fully saturated rings. The molecule has 1 unspecified atom stereocenters. The van der Waals surface area contributed by atoms with Crippen molar-refractivity contribution in [3.05, 3.63) is 36.3 Å². The molecule has 0 saturated carbocycles. The second-order valence-corrected chi connectivity index (χ2v) is 5.50. The first kappa shape index (κ1) is 13.3. The molecular formula is C15H21N5. The van der Waals surface area contributed by atoms with Gasteiger partial charge in [0, 0.05) is 69.0 Å². The predicted molar refractivity (Wildman–Crippen MR) is 79.2 cm³/mol. The van der Waals surface area contributed by atoms with Crippen molar-refractivity contribution in [1.82, 2.24) is 25.0 Å². The Kier molecular flexibility index (Phi) is 3.80. The van der Waals surface area contributed by atoms with Crippen LogP contribution < -0.4 is 5.32 Å². The summed E-state index contributed by atoms with van der Waals surface area (Å²) in [6.45, 7) is 6.43. The van der Waals surface area contributed by atoms with E-state index in [1.807, 2.05) is 36.3 Å². The van der Waals surface area contributed by atoms with E-state index < -0.39 is 0 Å². The first-order valence-electron chi connectivity index (χ1n) is 7.11. The lowest BCUT2D eigenvalue weighted by atomic mass is 10.1. The van der Waals surface area contributed by atoms with Gasteiger partial charge in [0.15, 0.2) is 0 Å². The molecule has 0 aliphatic carbocycles. The Morgan fingerprint density at radius 1 is 1.35 bits per heavy atom. The summed E-state index contributed by atoms with van der Waals surface area (Å²) in [7, 11) is 1.98. The Balaban J connectivity index is 1.83. The lowest BCUT2D eigenvalue weighted by molar-refractivity contribution is 0.200. The Hall–Kier alpha value is -1.72. The third kappa shape index (κ3) is 2.89. The molecular weight excluding hydrogens is 250 g/mol.